The Morgan fingerprint density at radius 2 is 1.79 bits per heavy atom. The van der Waals surface area contributed by atoms with Crippen molar-refractivity contribution in [1.82, 2.24) is 23.9 Å². The number of aryl methyl sites for hydroxylation is 2. The van der Waals surface area contributed by atoms with Crippen molar-refractivity contribution >= 4 is 5.91 Å². The molecule has 0 radical (unpaired) electrons. The van der Waals surface area contributed by atoms with Crippen LogP contribution < -0.4 is 22.1 Å². The summed E-state index contributed by atoms with van der Waals surface area (Å²) in [5.74, 6) is -0.441. The highest BCUT2D eigenvalue weighted by Crippen LogP contribution is 2.35. The molecule has 214 valence electrons. The number of rotatable bonds is 13. The molecular weight excluding hydrogens is 502 g/mol. The molecule has 2 aromatic heterocycles. The average molecular weight is 544 g/mol. The number of pyridine rings is 1. The van der Waals surface area contributed by atoms with E-state index in [1.54, 1.807) is 44.3 Å². The number of nitrogens with zero attached hydrogens (tertiary/aromatic N) is 4. The molecule has 1 amide bonds. The molecule has 0 spiro atoms. The monoisotopic (exact) mass is 543 g/mol. The lowest BCUT2D eigenvalue weighted by atomic mass is 9.80. The van der Waals surface area contributed by atoms with Crippen molar-refractivity contribution < 1.29 is 14.3 Å². The van der Waals surface area contributed by atoms with E-state index in [-0.39, 0.29) is 53.7 Å². The topological polar surface area (TPSA) is 117 Å². The fourth-order valence-corrected chi connectivity index (χ4v) is 5.41. The van der Waals surface area contributed by atoms with Crippen molar-refractivity contribution in [3.8, 4) is 0 Å². The van der Waals surface area contributed by atoms with Crippen LogP contribution in [0.25, 0.3) is 0 Å². The van der Waals surface area contributed by atoms with Gasteiger partial charge in [0, 0.05) is 78.6 Å². The van der Waals surface area contributed by atoms with Gasteiger partial charge in [-0.2, -0.15) is 0 Å². The van der Waals surface area contributed by atoms with Crippen LogP contribution in [0, 0.1) is 5.92 Å². The lowest BCUT2D eigenvalue weighted by Gasteiger charge is -2.35. The van der Waals surface area contributed by atoms with Gasteiger partial charge in [-0.25, -0.2) is 4.79 Å². The van der Waals surface area contributed by atoms with Crippen molar-refractivity contribution in [2.24, 2.45) is 13.0 Å². The SMILES string of the molecule is COCCCn1cc(CN(C(=O)[C@@H]2CNCC[C@H]2c2ccn(C)c(=O)c2)C2CC2)c(=O)n(CCCOC)c1=O. The first-order valence-corrected chi connectivity index (χ1v) is 13.8. The number of amides is 1. The highest BCUT2D eigenvalue weighted by molar-refractivity contribution is 5.81. The third-order valence-electron chi connectivity index (χ3n) is 7.75. The summed E-state index contributed by atoms with van der Waals surface area (Å²) in [6.07, 6.45) is 7.05. The van der Waals surface area contributed by atoms with E-state index in [1.165, 1.54) is 9.13 Å². The number of aromatic nitrogens is 3. The Hall–Kier alpha value is -3.02. The van der Waals surface area contributed by atoms with Gasteiger partial charge in [-0.1, -0.05) is 0 Å². The normalized spacial score (nSPS) is 19.3. The third-order valence-corrected chi connectivity index (χ3v) is 7.75. The zero-order valence-electron chi connectivity index (χ0n) is 23.3. The zero-order chi connectivity index (χ0) is 27.9. The number of hydrogen-bond donors (Lipinski definition) is 1. The Balaban J connectivity index is 1.64. The fourth-order valence-electron chi connectivity index (χ4n) is 5.41. The molecule has 1 aliphatic heterocycles. The summed E-state index contributed by atoms with van der Waals surface area (Å²) < 4.78 is 14.6. The highest BCUT2D eigenvalue weighted by Gasteiger charge is 2.40. The first-order valence-electron chi connectivity index (χ1n) is 13.8. The van der Waals surface area contributed by atoms with Crippen LogP contribution in [0.2, 0.25) is 0 Å². The maximum atomic E-state index is 14.1. The third kappa shape index (κ3) is 6.95. The Morgan fingerprint density at radius 1 is 1.08 bits per heavy atom. The molecule has 11 heteroatoms. The molecule has 1 aliphatic carbocycles. The van der Waals surface area contributed by atoms with Crippen LogP contribution in [-0.2, 0) is 41.0 Å². The average Bonchev–Trinajstić information content (AvgIpc) is 3.78. The number of carbonyl (C=O) groups excluding carboxylic acids is 1. The number of nitrogens with one attached hydrogen (secondary N) is 1. The summed E-state index contributed by atoms with van der Waals surface area (Å²) >= 11 is 0. The van der Waals surface area contributed by atoms with Gasteiger partial charge in [0.25, 0.3) is 11.1 Å². The second kappa shape index (κ2) is 13.4. The van der Waals surface area contributed by atoms with E-state index < -0.39 is 0 Å². The van der Waals surface area contributed by atoms with Crippen molar-refractivity contribution in [2.45, 2.75) is 63.7 Å². The van der Waals surface area contributed by atoms with Crippen LogP contribution in [0.15, 0.2) is 38.9 Å². The number of ether oxygens (including phenoxy) is 2. The summed E-state index contributed by atoms with van der Waals surface area (Å²) in [5, 5.41) is 3.35. The summed E-state index contributed by atoms with van der Waals surface area (Å²) in [5.41, 5.74) is 0.491. The van der Waals surface area contributed by atoms with Crippen molar-refractivity contribution in [2.75, 3.05) is 40.5 Å². The molecule has 1 saturated heterocycles. The number of piperidine rings is 1. The largest absolute Gasteiger partial charge is 0.385 e. The molecule has 2 fully saturated rings. The predicted octanol–water partition coefficient (Wildman–Crippen LogP) is 0.666. The second-order valence-electron chi connectivity index (χ2n) is 10.6. The Bertz CT molecular complexity index is 1310. The lowest BCUT2D eigenvalue weighted by molar-refractivity contribution is -0.138. The highest BCUT2D eigenvalue weighted by atomic mass is 16.5. The maximum absolute atomic E-state index is 14.1. The van der Waals surface area contributed by atoms with Gasteiger partial charge in [-0.15, -0.1) is 0 Å². The van der Waals surface area contributed by atoms with Crippen LogP contribution in [0.4, 0.5) is 0 Å². The Kier molecular flexibility index (Phi) is 9.93. The van der Waals surface area contributed by atoms with Crippen molar-refractivity contribution in [3.05, 3.63) is 66.8 Å². The molecule has 0 aromatic carbocycles. The van der Waals surface area contributed by atoms with E-state index in [1.807, 2.05) is 11.0 Å². The lowest BCUT2D eigenvalue weighted by Crippen LogP contribution is -2.48. The first-order chi connectivity index (χ1) is 18.8. The Labute approximate surface area is 228 Å². The number of methoxy groups -OCH3 is 2. The second-order valence-corrected chi connectivity index (χ2v) is 10.6. The Morgan fingerprint density at radius 3 is 2.46 bits per heavy atom. The standard InChI is InChI=1S/C28H41N5O6/c1-30-13-9-20(16-25(30)34)23-8-10-29-17-24(23)27(36)33(22-6-7-22)19-21-18-31(11-4-14-38-2)28(37)32(26(21)35)12-5-15-39-3/h9,13,16,18,22-24,29H,4-8,10-12,14-15,17,19H2,1-3H3/t23-,24+/m0/s1. The van der Waals surface area contributed by atoms with Crippen molar-refractivity contribution in [1.29, 1.82) is 0 Å². The van der Waals surface area contributed by atoms with Crippen LogP contribution >= 0.6 is 0 Å². The quantitative estimate of drug-likeness (QED) is 0.369. The smallest absolute Gasteiger partial charge is 0.330 e. The van der Waals surface area contributed by atoms with Crippen molar-refractivity contribution in [3.63, 3.8) is 0 Å². The molecule has 3 heterocycles. The first kappa shape index (κ1) is 29.0. The van der Waals surface area contributed by atoms with Gasteiger partial charge in [0.05, 0.1) is 18.0 Å². The summed E-state index contributed by atoms with van der Waals surface area (Å²) in [6.45, 7) is 3.03. The van der Waals surface area contributed by atoms with Gasteiger partial charge in [-0.05, 0) is 56.2 Å². The molecule has 1 N–H and O–H groups in total. The number of carbonyl (C=O) groups is 1. The minimum atomic E-state index is -0.359. The van der Waals surface area contributed by atoms with E-state index >= 15 is 0 Å². The molecule has 39 heavy (non-hydrogen) atoms. The van der Waals surface area contributed by atoms with E-state index in [9.17, 15) is 19.2 Å². The van der Waals surface area contributed by atoms with Crippen LogP contribution in [-0.4, -0.2) is 71.1 Å². The van der Waals surface area contributed by atoms with Crippen LogP contribution in [0.5, 0.6) is 0 Å². The molecule has 1 saturated carbocycles. The van der Waals surface area contributed by atoms with Gasteiger partial charge < -0.3 is 24.3 Å². The van der Waals surface area contributed by atoms with Crippen LogP contribution in [0.3, 0.4) is 0 Å². The molecule has 2 aliphatic rings. The molecular formula is C28H41N5O6. The zero-order valence-corrected chi connectivity index (χ0v) is 23.3. The summed E-state index contributed by atoms with van der Waals surface area (Å²) in [7, 11) is 4.91. The van der Waals surface area contributed by atoms with Gasteiger partial charge in [-0.3, -0.25) is 23.5 Å². The van der Waals surface area contributed by atoms with Gasteiger partial charge >= 0.3 is 5.69 Å². The van der Waals surface area contributed by atoms with E-state index in [0.29, 0.717) is 44.7 Å². The molecule has 0 unspecified atom stereocenters. The minimum absolute atomic E-state index is 0.0159. The molecule has 2 atom stereocenters. The molecule has 11 nitrogen and oxygen atoms in total. The molecule has 0 bridgehead atoms. The summed E-state index contributed by atoms with van der Waals surface area (Å²) in [6, 6.07) is 3.62. The van der Waals surface area contributed by atoms with E-state index in [4.69, 9.17) is 9.47 Å². The minimum Gasteiger partial charge on any atom is -0.385 e. The molecule has 2 aromatic rings. The fraction of sp³-hybridized carbons (Fsp3) is 0.643. The number of hydrogen-bond acceptors (Lipinski definition) is 7. The van der Waals surface area contributed by atoms with Gasteiger partial charge in [0.1, 0.15) is 0 Å². The van der Waals surface area contributed by atoms with Gasteiger partial charge in [0.2, 0.25) is 5.91 Å². The predicted molar refractivity (Wildman–Crippen MR) is 147 cm³/mol. The molecule has 4 rings (SSSR count). The van der Waals surface area contributed by atoms with E-state index in [2.05, 4.69) is 5.32 Å². The maximum Gasteiger partial charge on any atom is 0.330 e. The van der Waals surface area contributed by atoms with E-state index in [0.717, 1.165) is 31.4 Å². The van der Waals surface area contributed by atoms with Gasteiger partial charge in [0.15, 0.2) is 0 Å². The summed E-state index contributed by atoms with van der Waals surface area (Å²) in [4.78, 5) is 54.9. The van der Waals surface area contributed by atoms with Crippen LogP contribution in [0.1, 0.15) is 49.1 Å².